The van der Waals surface area contributed by atoms with Crippen molar-refractivity contribution in [3.63, 3.8) is 0 Å². The van der Waals surface area contributed by atoms with E-state index in [1.165, 1.54) is 6.07 Å². The lowest BCUT2D eigenvalue weighted by molar-refractivity contribution is 0.567. The smallest absolute Gasteiger partial charge is 0.264 e. The minimum Gasteiger partial charge on any atom is -0.277 e. The molecule has 0 heterocycles. The summed E-state index contributed by atoms with van der Waals surface area (Å²) in [6.45, 7) is 0. The number of benzene rings is 2. The van der Waals surface area contributed by atoms with Crippen molar-refractivity contribution < 1.29 is 21.6 Å². The molecule has 0 fully saturated rings. The maximum Gasteiger partial charge on any atom is 0.264 e. The topological polar surface area (TPSA) is 46.2 Å². The van der Waals surface area contributed by atoms with Gasteiger partial charge in [-0.3, -0.25) is 4.72 Å². The third-order valence-corrected chi connectivity index (χ3v) is 4.25. The Morgan fingerprint density at radius 2 is 1.65 bits per heavy atom. The second kappa shape index (κ2) is 5.45. The maximum atomic E-state index is 13.6. The largest absolute Gasteiger partial charge is 0.277 e. The fourth-order valence-corrected chi connectivity index (χ4v) is 2.93. The van der Waals surface area contributed by atoms with Gasteiger partial charge in [-0.25, -0.2) is 21.6 Å². The molecule has 0 spiro atoms. The van der Waals surface area contributed by atoms with Crippen molar-refractivity contribution >= 4 is 31.6 Å². The third-order valence-electron chi connectivity index (χ3n) is 2.36. The molecule has 0 saturated carbocycles. The summed E-state index contributed by atoms with van der Waals surface area (Å²) in [7, 11) is -4.30. The highest BCUT2D eigenvalue weighted by Crippen LogP contribution is 2.23. The summed E-state index contributed by atoms with van der Waals surface area (Å²) >= 11 is 2.99. The summed E-state index contributed by atoms with van der Waals surface area (Å²) in [5, 5.41) is 0. The van der Waals surface area contributed by atoms with Gasteiger partial charge in [-0.2, -0.15) is 0 Å². The quantitative estimate of drug-likeness (QED) is 0.901. The van der Waals surface area contributed by atoms with Gasteiger partial charge >= 0.3 is 0 Å². The van der Waals surface area contributed by atoms with Gasteiger partial charge in [0.2, 0.25) is 0 Å². The van der Waals surface area contributed by atoms with Crippen LogP contribution in [0.2, 0.25) is 0 Å². The first-order valence-electron chi connectivity index (χ1n) is 5.22. The molecule has 106 valence electrons. The van der Waals surface area contributed by atoms with Crippen molar-refractivity contribution in [2.75, 3.05) is 4.72 Å². The summed E-state index contributed by atoms with van der Waals surface area (Å²) in [5.41, 5.74) is -0.464. The second-order valence-corrected chi connectivity index (χ2v) is 6.37. The lowest BCUT2D eigenvalue weighted by Crippen LogP contribution is -2.15. The number of anilines is 1. The van der Waals surface area contributed by atoms with Crippen LogP contribution in [0.1, 0.15) is 0 Å². The van der Waals surface area contributed by atoms with Gasteiger partial charge in [-0.15, -0.1) is 0 Å². The highest BCUT2D eigenvalue weighted by Gasteiger charge is 2.20. The molecule has 20 heavy (non-hydrogen) atoms. The molecule has 0 amide bonds. The van der Waals surface area contributed by atoms with Crippen LogP contribution in [-0.4, -0.2) is 8.42 Å². The minimum absolute atomic E-state index is 0.363. The normalized spacial score (nSPS) is 11.4. The number of hydrogen-bond donors (Lipinski definition) is 1. The SMILES string of the molecule is O=S(=O)(Nc1ccc(F)cc1F)c1ccc(Br)cc1F. The van der Waals surface area contributed by atoms with Crippen LogP contribution in [0.3, 0.4) is 0 Å². The van der Waals surface area contributed by atoms with E-state index in [0.717, 1.165) is 24.3 Å². The van der Waals surface area contributed by atoms with Crippen LogP contribution in [0.5, 0.6) is 0 Å². The van der Waals surface area contributed by atoms with Crippen molar-refractivity contribution in [1.82, 2.24) is 0 Å². The zero-order valence-corrected chi connectivity index (χ0v) is 12.1. The molecular weight excluding hydrogens is 359 g/mol. The summed E-state index contributed by atoms with van der Waals surface area (Å²) in [6.07, 6.45) is 0. The second-order valence-electron chi connectivity index (χ2n) is 3.80. The first-order valence-corrected chi connectivity index (χ1v) is 7.50. The van der Waals surface area contributed by atoms with Gasteiger partial charge in [0.15, 0.2) is 0 Å². The van der Waals surface area contributed by atoms with Gasteiger partial charge < -0.3 is 0 Å². The Hall–Kier alpha value is -1.54. The number of nitrogens with one attached hydrogen (secondary N) is 1. The fourth-order valence-electron chi connectivity index (χ4n) is 1.47. The Morgan fingerprint density at radius 3 is 2.25 bits per heavy atom. The Balaban J connectivity index is 2.41. The molecule has 2 aromatic rings. The van der Waals surface area contributed by atoms with Crippen molar-refractivity contribution in [3.8, 4) is 0 Å². The van der Waals surface area contributed by atoms with Crippen molar-refractivity contribution in [1.29, 1.82) is 0 Å². The first kappa shape index (κ1) is 14.9. The van der Waals surface area contributed by atoms with E-state index >= 15 is 0 Å². The monoisotopic (exact) mass is 365 g/mol. The minimum atomic E-state index is -4.30. The fraction of sp³-hybridized carbons (Fsp3) is 0. The van der Waals surface area contributed by atoms with Gasteiger partial charge in [-0.1, -0.05) is 15.9 Å². The molecule has 0 bridgehead atoms. The van der Waals surface area contributed by atoms with E-state index in [1.807, 2.05) is 4.72 Å². The van der Waals surface area contributed by atoms with Crippen LogP contribution in [0.25, 0.3) is 0 Å². The van der Waals surface area contributed by atoms with Crippen LogP contribution in [0.4, 0.5) is 18.9 Å². The summed E-state index contributed by atoms with van der Waals surface area (Å²) in [6, 6.07) is 5.66. The van der Waals surface area contributed by atoms with Gasteiger partial charge in [-0.05, 0) is 30.3 Å². The Morgan fingerprint density at radius 1 is 0.950 bits per heavy atom. The van der Waals surface area contributed by atoms with E-state index in [-0.39, 0.29) is 0 Å². The van der Waals surface area contributed by atoms with Gasteiger partial charge in [0.05, 0.1) is 5.69 Å². The van der Waals surface area contributed by atoms with E-state index < -0.39 is 38.1 Å². The zero-order valence-electron chi connectivity index (χ0n) is 9.70. The molecule has 1 N–H and O–H groups in total. The number of sulfonamides is 1. The standard InChI is InChI=1S/C12H7BrF3NO2S/c13-7-1-4-12(10(16)5-7)20(18,19)17-11-3-2-8(14)6-9(11)15/h1-6,17H. The van der Waals surface area contributed by atoms with Crippen molar-refractivity contribution in [2.45, 2.75) is 4.90 Å². The predicted octanol–water partition coefficient (Wildman–Crippen LogP) is 3.67. The number of hydrogen-bond acceptors (Lipinski definition) is 2. The molecule has 0 aromatic heterocycles. The van der Waals surface area contributed by atoms with Crippen LogP contribution >= 0.6 is 15.9 Å². The molecule has 0 aliphatic rings. The van der Waals surface area contributed by atoms with Gasteiger partial charge in [0.1, 0.15) is 22.3 Å². The summed E-state index contributed by atoms with van der Waals surface area (Å²) in [4.78, 5) is -0.635. The molecule has 0 aliphatic heterocycles. The molecule has 2 rings (SSSR count). The lowest BCUT2D eigenvalue weighted by atomic mass is 10.3. The van der Waals surface area contributed by atoms with Crippen molar-refractivity contribution in [3.05, 3.63) is 58.3 Å². The van der Waals surface area contributed by atoms with E-state index in [4.69, 9.17) is 0 Å². The van der Waals surface area contributed by atoms with Crippen LogP contribution in [-0.2, 0) is 10.0 Å². The molecule has 0 unspecified atom stereocenters. The Bertz CT molecular complexity index is 765. The summed E-state index contributed by atoms with van der Waals surface area (Å²) < 4.78 is 65.8. The average molecular weight is 366 g/mol. The van der Waals surface area contributed by atoms with Gasteiger partial charge in [0.25, 0.3) is 10.0 Å². The van der Waals surface area contributed by atoms with Gasteiger partial charge in [0, 0.05) is 10.5 Å². The van der Waals surface area contributed by atoms with E-state index in [2.05, 4.69) is 15.9 Å². The third kappa shape index (κ3) is 3.13. The summed E-state index contributed by atoms with van der Waals surface area (Å²) in [5.74, 6) is -2.93. The molecular formula is C12H7BrF3NO2S. The number of rotatable bonds is 3. The van der Waals surface area contributed by atoms with E-state index in [9.17, 15) is 21.6 Å². The first-order chi connectivity index (χ1) is 9.29. The molecule has 0 saturated heterocycles. The van der Waals surface area contributed by atoms with E-state index in [1.54, 1.807) is 0 Å². The lowest BCUT2D eigenvalue weighted by Gasteiger charge is -2.09. The maximum absolute atomic E-state index is 13.6. The Kier molecular flexibility index (Phi) is 4.05. The highest BCUT2D eigenvalue weighted by molar-refractivity contribution is 9.10. The zero-order chi connectivity index (χ0) is 14.9. The average Bonchev–Trinajstić information content (AvgIpc) is 2.32. The Labute approximate surface area is 121 Å². The molecule has 0 radical (unpaired) electrons. The van der Waals surface area contributed by atoms with Crippen LogP contribution in [0.15, 0.2) is 45.8 Å². The van der Waals surface area contributed by atoms with E-state index in [0.29, 0.717) is 10.5 Å². The predicted molar refractivity (Wildman–Crippen MR) is 71.3 cm³/mol. The molecule has 3 nitrogen and oxygen atoms in total. The van der Waals surface area contributed by atoms with Crippen molar-refractivity contribution in [2.24, 2.45) is 0 Å². The molecule has 8 heteroatoms. The van der Waals surface area contributed by atoms with Crippen LogP contribution < -0.4 is 4.72 Å². The molecule has 0 aliphatic carbocycles. The highest BCUT2D eigenvalue weighted by atomic mass is 79.9. The molecule has 2 aromatic carbocycles. The molecule has 0 atom stereocenters. The van der Waals surface area contributed by atoms with Crippen LogP contribution in [0, 0.1) is 17.5 Å². The number of halogens is 4.